The Labute approximate surface area is 103 Å². The molecule has 2 rings (SSSR count). The van der Waals surface area contributed by atoms with Crippen LogP contribution in [0, 0.1) is 12.7 Å². The van der Waals surface area contributed by atoms with Gasteiger partial charge < -0.3 is 5.32 Å². The van der Waals surface area contributed by atoms with E-state index in [4.69, 9.17) is 11.6 Å². The van der Waals surface area contributed by atoms with Crippen molar-refractivity contribution in [1.82, 2.24) is 0 Å². The SMILES string of the molecule is Cc1cc(F)ccc1NCc1cc(Cl)cs1. The van der Waals surface area contributed by atoms with E-state index in [2.05, 4.69) is 5.32 Å². The van der Waals surface area contributed by atoms with Crippen LogP contribution in [-0.2, 0) is 6.54 Å². The molecule has 1 aromatic carbocycles. The standard InChI is InChI=1S/C12H11ClFNS/c1-8-4-10(14)2-3-12(8)15-6-11-5-9(13)7-16-11/h2-5,7,15H,6H2,1H3. The molecule has 4 heteroatoms. The molecule has 0 aliphatic heterocycles. The Kier molecular flexibility index (Phi) is 3.46. The van der Waals surface area contributed by atoms with Gasteiger partial charge >= 0.3 is 0 Å². The Bertz CT molecular complexity index is 496. The summed E-state index contributed by atoms with van der Waals surface area (Å²) in [6, 6.07) is 6.65. The van der Waals surface area contributed by atoms with Gasteiger partial charge in [-0.1, -0.05) is 11.6 Å². The van der Waals surface area contributed by atoms with Crippen LogP contribution in [0.25, 0.3) is 0 Å². The van der Waals surface area contributed by atoms with Gasteiger partial charge in [0.05, 0.1) is 5.02 Å². The first kappa shape index (κ1) is 11.4. The lowest BCUT2D eigenvalue weighted by Gasteiger charge is -2.08. The highest BCUT2D eigenvalue weighted by Crippen LogP contribution is 2.21. The van der Waals surface area contributed by atoms with E-state index in [9.17, 15) is 4.39 Å². The van der Waals surface area contributed by atoms with Crippen LogP contribution in [-0.4, -0.2) is 0 Å². The topological polar surface area (TPSA) is 12.0 Å². The quantitative estimate of drug-likeness (QED) is 0.854. The molecule has 1 N–H and O–H groups in total. The zero-order valence-corrected chi connectivity index (χ0v) is 10.3. The molecule has 1 heterocycles. The van der Waals surface area contributed by atoms with E-state index in [1.165, 1.54) is 12.1 Å². The summed E-state index contributed by atoms with van der Waals surface area (Å²) in [6.45, 7) is 2.59. The van der Waals surface area contributed by atoms with Gasteiger partial charge in [-0.2, -0.15) is 0 Å². The van der Waals surface area contributed by atoms with Crippen molar-refractivity contribution >= 4 is 28.6 Å². The minimum atomic E-state index is -0.206. The summed E-state index contributed by atoms with van der Waals surface area (Å²) in [4.78, 5) is 1.16. The molecule has 0 radical (unpaired) electrons. The van der Waals surface area contributed by atoms with Crippen LogP contribution in [0.15, 0.2) is 29.6 Å². The second-order valence-corrected chi connectivity index (χ2v) is 4.98. The van der Waals surface area contributed by atoms with Crippen molar-refractivity contribution < 1.29 is 4.39 Å². The summed E-state index contributed by atoms with van der Waals surface area (Å²) >= 11 is 7.44. The number of nitrogens with one attached hydrogen (secondary N) is 1. The van der Waals surface area contributed by atoms with Crippen molar-refractivity contribution in [3.63, 3.8) is 0 Å². The molecule has 0 unspecified atom stereocenters. The average Bonchev–Trinajstić information content (AvgIpc) is 2.63. The number of halogens is 2. The Morgan fingerprint density at radius 2 is 2.19 bits per heavy atom. The van der Waals surface area contributed by atoms with E-state index < -0.39 is 0 Å². The molecular weight excluding hydrogens is 245 g/mol. The molecule has 0 amide bonds. The third-order valence-corrected chi connectivity index (χ3v) is 3.55. The molecule has 84 valence electrons. The van der Waals surface area contributed by atoms with Gasteiger partial charge in [-0.25, -0.2) is 4.39 Å². The molecule has 0 atom stereocenters. The molecule has 0 aliphatic carbocycles. The summed E-state index contributed by atoms with van der Waals surface area (Å²) in [6.07, 6.45) is 0. The molecular formula is C12H11ClFNS. The van der Waals surface area contributed by atoms with Crippen molar-refractivity contribution in [2.45, 2.75) is 13.5 Å². The van der Waals surface area contributed by atoms with Crippen LogP contribution < -0.4 is 5.32 Å². The number of thiophene rings is 1. The van der Waals surface area contributed by atoms with Gasteiger partial charge in [0.15, 0.2) is 0 Å². The van der Waals surface area contributed by atoms with Gasteiger partial charge in [0.25, 0.3) is 0 Å². The van der Waals surface area contributed by atoms with E-state index in [0.29, 0.717) is 6.54 Å². The zero-order valence-electron chi connectivity index (χ0n) is 8.76. The summed E-state index contributed by atoms with van der Waals surface area (Å²) < 4.78 is 12.9. The molecule has 0 saturated carbocycles. The fourth-order valence-electron chi connectivity index (χ4n) is 1.45. The Morgan fingerprint density at radius 3 is 2.81 bits per heavy atom. The average molecular weight is 256 g/mol. The van der Waals surface area contributed by atoms with Crippen molar-refractivity contribution in [2.24, 2.45) is 0 Å². The van der Waals surface area contributed by atoms with Crippen LogP contribution >= 0.6 is 22.9 Å². The fraction of sp³-hybridized carbons (Fsp3) is 0.167. The summed E-state index contributed by atoms with van der Waals surface area (Å²) in [5.41, 5.74) is 1.86. The minimum absolute atomic E-state index is 0.206. The van der Waals surface area contributed by atoms with Crippen molar-refractivity contribution in [3.05, 3.63) is 50.9 Å². The van der Waals surface area contributed by atoms with Gasteiger partial charge in [-0.15, -0.1) is 11.3 Å². The third-order valence-electron chi connectivity index (χ3n) is 2.26. The van der Waals surface area contributed by atoms with Gasteiger partial charge in [-0.3, -0.25) is 0 Å². The van der Waals surface area contributed by atoms with Crippen LogP contribution in [0.4, 0.5) is 10.1 Å². The molecule has 1 nitrogen and oxygen atoms in total. The number of aryl methyl sites for hydroxylation is 1. The smallest absolute Gasteiger partial charge is 0.123 e. The lowest BCUT2D eigenvalue weighted by molar-refractivity contribution is 0.627. The first-order valence-corrected chi connectivity index (χ1v) is 6.14. The number of benzene rings is 1. The lowest BCUT2D eigenvalue weighted by Crippen LogP contribution is -1.99. The van der Waals surface area contributed by atoms with Gasteiger partial charge in [0.1, 0.15) is 5.82 Å². The highest BCUT2D eigenvalue weighted by atomic mass is 35.5. The van der Waals surface area contributed by atoms with Crippen molar-refractivity contribution in [2.75, 3.05) is 5.32 Å². The second kappa shape index (κ2) is 4.85. The first-order valence-electron chi connectivity index (χ1n) is 4.88. The molecule has 1 aromatic heterocycles. The maximum Gasteiger partial charge on any atom is 0.123 e. The molecule has 0 aliphatic rings. The van der Waals surface area contributed by atoms with Crippen LogP contribution in [0.3, 0.4) is 0 Å². The first-order chi connectivity index (χ1) is 7.65. The van der Waals surface area contributed by atoms with E-state index in [0.717, 1.165) is 21.2 Å². The van der Waals surface area contributed by atoms with Crippen LogP contribution in [0.5, 0.6) is 0 Å². The van der Waals surface area contributed by atoms with Crippen molar-refractivity contribution in [1.29, 1.82) is 0 Å². The molecule has 0 fully saturated rings. The Hall–Kier alpha value is -1.06. The summed E-state index contributed by atoms with van der Waals surface area (Å²) in [7, 11) is 0. The van der Waals surface area contributed by atoms with Gasteiger partial charge in [0.2, 0.25) is 0 Å². The Morgan fingerprint density at radius 1 is 1.38 bits per heavy atom. The van der Waals surface area contributed by atoms with Gasteiger partial charge in [0, 0.05) is 22.5 Å². The maximum atomic E-state index is 12.9. The lowest BCUT2D eigenvalue weighted by atomic mass is 10.2. The van der Waals surface area contributed by atoms with E-state index in [-0.39, 0.29) is 5.82 Å². The third kappa shape index (κ3) is 2.74. The largest absolute Gasteiger partial charge is 0.380 e. The summed E-state index contributed by atoms with van der Waals surface area (Å²) in [5, 5.41) is 5.92. The molecule has 0 spiro atoms. The summed E-state index contributed by atoms with van der Waals surface area (Å²) in [5.74, 6) is -0.206. The predicted molar refractivity (Wildman–Crippen MR) is 67.8 cm³/mol. The van der Waals surface area contributed by atoms with Crippen LogP contribution in [0.2, 0.25) is 5.02 Å². The predicted octanol–water partition coefficient (Wildman–Crippen LogP) is 4.46. The highest BCUT2D eigenvalue weighted by molar-refractivity contribution is 7.10. The van der Waals surface area contributed by atoms with Crippen LogP contribution in [0.1, 0.15) is 10.4 Å². The normalized spacial score (nSPS) is 10.4. The minimum Gasteiger partial charge on any atom is -0.380 e. The van der Waals surface area contributed by atoms with E-state index >= 15 is 0 Å². The second-order valence-electron chi connectivity index (χ2n) is 3.54. The maximum absolute atomic E-state index is 12.9. The monoisotopic (exact) mass is 255 g/mol. The number of hydrogen-bond acceptors (Lipinski definition) is 2. The molecule has 16 heavy (non-hydrogen) atoms. The van der Waals surface area contributed by atoms with Gasteiger partial charge in [-0.05, 0) is 36.8 Å². The molecule has 0 bridgehead atoms. The Balaban J connectivity index is 2.04. The van der Waals surface area contributed by atoms with E-state index in [1.807, 2.05) is 18.4 Å². The molecule has 0 saturated heterocycles. The fourth-order valence-corrected chi connectivity index (χ4v) is 2.47. The van der Waals surface area contributed by atoms with Crippen molar-refractivity contribution in [3.8, 4) is 0 Å². The highest BCUT2D eigenvalue weighted by Gasteiger charge is 2.01. The molecule has 2 aromatic rings. The zero-order chi connectivity index (χ0) is 11.5. The number of rotatable bonds is 3. The van der Waals surface area contributed by atoms with E-state index in [1.54, 1.807) is 17.4 Å². The number of anilines is 1. The number of hydrogen-bond donors (Lipinski definition) is 1.